The van der Waals surface area contributed by atoms with Crippen molar-refractivity contribution in [3.8, 4) is 17.6 Å². The number of nitrogens with one attached hydrogen (secondary N) is 4. The maximum Gasteiger partial charge on any atom is 0.322 e. The predicted molar refractivity (Wildman–Crippen MR) is 138 cm³/mol. The first-order valence-corrected chi connectivity index (χ1v) is 12.6. The number of imide groups is 2. The van der Waals surface area contributed by atoms with Gasteiger partial charge >= 0.3 is 18.0 Å². The molecule has 1 aliphatic carbocycles. The molecule has 2 aliphatic heterocycles. The minimum atomic E-state index is -1.09. The Hall–Kier alpha value is -4.85. The minimum Gasteiger partial charge on any atom is -0.497 e. The molecular weight excluding hydrogens is 502 g/mol. The zero-order valence-electron chi connectivity index (χ0n) is 21.3. The fourth-order valence-corrected chi connectivity index (χ4v) is 5.11. The topological polar surface area (TPSA) is 146 Å². The molecule has 2 fully saturated rings. The normalized spacial score (nSPS) is 19.7. The molecule has 0 radical (unpaired) electrons. The van der Waals surface area contributed by atoms with Gasteiger partial charge in [-0.05, 0) is 54.2 Å². The van der Waals surface area contributed by atoms with Gasteiger partial charge in [0.1, 0.15) is 11.3 Å². The number of rotatable bonds is 6. The van der Waals surface area contributed by atoms with Crippen molar-refractivity contribution < 1.29 is 28.7 Å². The van der Waals surface area contributed by atoms with Crippen LogP contribution < -0.4 is 26.0 Å². The number of hydrogen-bond acceptors (Lipinski definition) is 6. The molecule has 39 heavy (non-hydrogen) atoms. The SMILES string of the molecule is COc1ccc2c(c1)C(=O)N(CCNC(=O)NC(=O)C#Cc1ccc(C3(C4CCC4)NC(=O)NC3=O)cc1)C2. The van der Waals surface area contributed by atoms with Crippen molar-refractivity contribution in [2.75, 3.05) is 20.2 Å². The summed E-state index contributed by atoms with van der Waals surface area (Å²) in [6.45, 7) is 0.859. The number of benzene rings is 2. The molecule has 2 aromatic rings. The molecule has 2 aromatic carbocycles. The fraction of sp³-hybridized carbons (Fsp3) is 0.321. The second kappa shape index (κ2) is 10.5. The van der Waals surface area contributed by atoms with E-state index in [1.54, 1.807) is 41.3 Å². The van der Waals surface area contributed by atoms with Crippen LogP contribution in [0.2, 0.25) is 0 Å². The van der Waals surface area contributed by atoms with Crippen molar-refractivity contribution in [2.45, 2.75) is 31.3 Å². The summed E-state index contributed by atoms with van der Waals surface area (Å²) in [4.78, 5) is 62.9. The molecule has 3 aliphatic rings. The van der Waals surface area contributed by atoms with E-state index >= 15 is 0 Å². The number of fused-ring (bicyclic) bond motifs is 1. The van der Waals surface area contributed by atoms with Crippen molar-refractivity contribution in [3.05, 3.63) is 64.7 Å². The molecule has 1 saturated heterocycles. The van der Waals surface area contributed by atoms with E-state index in [0.717, 1.165) is 24.8 Å². The smallest absolute Gasteiger partial charge is 0.322 e. The van der Waals surface area contributed by atoms with Gasteiger partial charge < -0.3 is 20.3 Å². The number of methoxy groups -OCH3 is 1. The number of carbonyl (C=O) groups excluding carboxylic acids is 5. The van der Waals surface area contributed by atoms with Gasteiger partial charge in [-0.25, -0.2) is 9.59 Å². The molecular formula is C28H27N5O6. The Labute approximate surface area is 224 Å². The van der Waals surface area contributed by atoms with Gasteiger partial charge in [0.05, 0.1) is 7.11 Å². The number of amides is 7. The molecule has 5 rings (SSSR count). The third-order valence-corrected chi connectivity index (χ3v) is 7.36. The van der Waals surface area contributed by atoms with Gasteiger partial charge in [0.2, 0.25) is 0 Å². The average Bonchev–Trinajstić information content (AvgIpc) is 3.36. The van der Waals surface area contributed by atoms with Gasteiger partial charge in [0, 0.05) is 36.7 Å². The number of carbonyl (C=O) groups is 5. The van der Waals surface area contributed by atoms with Gasteiger partial charge in [0.15, 0.2) is 0 Å². The molecule has 2 heterocycles. The first-order chi connectivity index (χ1) is 18.8. The monoisotopic (exact) mass is 529 g/mol. The highest BCUT2D eigenvalue weighted by Gasteiger charge is 2.54. The van der Waals surface area contributed by atoms with E-state index < -0.39 is 23.5 Å². The summed E-state index contributed by atoms with van der Waals surface area (Å²) in [7, 11) is 1.54. The molecule has 0 spiro atoms. The zero-order chi connectivity index (χ0) is 27.6. The average molecular weight is 530 g/mol. The summed E-state index contributed by atoms with van der Waals surface area (Å²) in [6.07, 6.45) is 2.69. The quantitative estimate of drug-likeness (QED) is 0.328. The predicted octanol–water partition coefficient (Wildman–Crippen LogP) is 1.36. The number of hydrogen-bond donors (Lipinski definition) is 4. The Kier molecular flexibility index (Phi) is 6.94. The van der Waals surface area contributed by atoms with Gasteiger partial charge in [-0.1, -0.05) is 30.5 Å². The lowest BCUT2D eigenvalue weighted by Crippen LogP contribution is -2.52. The van der Waals surface area contributed by atoms with E-state index in [-0.39, 0.29) is 30.8 Å². The molecule has 1 atom stereocenters. The largest absolute Gasteiger partial charge is 0.497 e. The number of nitrogens with zero attached hydrogens (tertiary/aromatic N) is 1. The van der Waals surface area contributed by atoms with Crippen LogP contribution in [0.5, 0.6) is 5.75 Å². The Morgan fingerprint density at radius 3 is 2.54 bits per heavy atom. The van der Waals surface area contributed by atoms with Crippen LogP contribution in [0, 0.1) is 17.8 Å². The van der Waals surface area contributed by atoms with Crippen LogP contribution in [-0.4, -0.2) is 54.9 Å². The van der Waals surface area contributed by atoms with E-state index in [1.165, 1.54) is 7.11 Å². The first-order valence-electron chi connectivity index (χ1n) is 12.6. The fourth-order valence-electron chi connectivity index (χ4n) is 5.11. The Morgan fingerprint density at radius 1 is 1.13 bits per heavy atom. The second-order valence-corrected chi connectivity index (χ2v) is 9.63. The summed E-state index contributed by atoms with van der Waals surface area (Å²) in [5.41, 5.74) is 1.53. The van der Waals surface area contributed by atoms with Crippen molar-refractivity contribution in [1.29, 1.82) is 0 Å². The summed E-state index contributed by atoms with van der Waals surface area (Å²) >= 11 is 0. The summed E-state index contributed by atoms with van der Waals surface area (Å²) in [5, 5.41) is 9.83. The van der Waals surface area contributed by atoms with Crippen LogP contribution in [-0.2, 0) is 21.7 Å². The van der Waals surface area contributed by atoms with Gasteiger partial charge in [-0.15, -0.1) is 0 Å². The minimum absolute atomic E-state index is 0.0209. The standard InChI is InChI=1S/C28H27N5O6/c1-39-21-11-8-18-16-33(24(35)22(18)15-21)14-13-29-26(37)30-23(34)12-7-17-5-9-20(10-6-17)28(19-3-2-4-19)25(36)31-27(38)32-28/h5-6,8-11,15,19H,2-4,13-14,16H2,1H3,(H2,29,30,34,37)(H2,31,32,36,38). The van der Waals surface area contributed by atoms with E-state index in [1.807, 2.05) is 6.07 Å². The van der Waals surface area contributed by atoms with Crippen LogP contribution in [0.25, 0.3) is 0 Å². The third-order valence-electron chi connectivity index (χ3n) is 7.36. The van der Waals surface area contributed by atoms with Gasteiger partial charge in [-0.2, -0.15) is 0 Å². The lowest BCUT2D eigenvalue weighted by Gasteiger charge is -2.40. The summed E-state index contributed by atoms with van der Waals surface area (Å²) in [6, 6.07) is 10.8. The summed E-state index contributed by atoms with van der Waals surface area (Å²) in [5.74, 6) is 4.38. The highest BCUT2D eigenvalue weighted by molar-refractivity contribution is 6.08. The molecule has 7 amide bonds. The van der Waals surface area contributed by atoms with E-state index in [4.69, 9.17) is 4.74 Å². The molecule has 0 bridgehead atoms. The molecule has 0 aromatic heterocycles. The highest BCUT2D eigenvalue weighted by Crippen LogP contribution is 2.44. The molecule has 4 N–H and O–H groups in total. The van der Waals surface area contributed by atoms with Crippen molar-refractivity contribution >= 4 is 29.8 Å². The maximum absolute atomic E-state index is 12.6. The zero-order valence-corrected chi connectivity index (χ0v) is 21.3. The van der Waals surface area contributed by atoms with Crippen LogP contribution in [0.1, 0.15) is 46.3 Å². The number of ether oxygens (including phenoxy) is 1. The van der Waals surface area contributed by atoms with Gasteiger partial charge in [-0.3, -0.25) is 25.0 Å². The van der Waals surface area contributed by atoms with E-state index in [2.05, 4.69) is 33.1 Å². The van der Waals surface area contributed by atoms with Crippen molar-refractivity contribution in [2.24, 2.45) is 5.92 Å². The molecule has 11 heteroatoms. The van der Waals surface area contributed by atoms with Crippen LogP contribution >= 0.6 is 0 Å². The Bertz CT molecular complexity index is 1420. The molecule has 1 unspecified atom stereocenters. The Balaban J connectivity index is 1.11. The lowest BCUT2D eigenvalue weighted by molar-refractivity contribution is -0.127. The van der Waals surface area contributed by atoms with Crippen LogP contribution in [0.3, 0.4) is 0 Å². The van der Waals surface area contributed by atoms with E-state index in [9.17, 15) is 24.0 Å². The molecule has 200 valence electrons. The van der Waals surface area contributed by atoms with Crippen LogP contribution in [0.15, 0.2) is 42.5 Å². The number of urea groups is 2. The maximum atomic E-state index is 12.6. The third kappa shape index (κ3) is 5.01. The summed E-state index contributed by atoms with van der Waals surface area (Å²) < 4.78 is 5.17. The van der Waals surface area contributed by atoms with E-state index in [0.29, 0.717) is 29.0 Å². The van der Waals surface area contributed by atoms with Crippen molar-refractivity contribution in [3.63, 3.8) is 0 Å². The van der Waals surface area contributed by atoms with Crippen molar-refractivity contribution in [1.82, 2.24) is 26.2 Å². The lowest BCUT2D eigenvalue weighted by atomic mass is 9.67. The molecule has 11 nitrogen and oxygen atoms in total. The molecule has 1 saturated carbocycles. The first kappa shape index (κ1) is 25.8. The Morgan fingerprint density at radius 2 is 1.90 bits per heavy atom. The van der Waals surface area contributed by atoms with Gasteiger partial charge in [0.25, 0.3) is 11.8 Å². The highest BCUT2D eigenvalue weighted by atomic mass is 16.5. The second-order valence-electron chi connectivity index (χ2n) is 9.63. The van der Waals surface area contributed by atoms with Crippen LogP contribution in [0.4, 0.5) is 9.59 Å².